The quantitative estimate of drug-likeness (QED) is 0.904. The Morgan fingerprint density at radius 2 is 2.33 bits per heavy atom. The summed E-state index contributed by atoms with van der Waals surface area (Å²) in [6.07, 6.45) is 0.676. The van der Waals surface area contributed by atoms with E-state index in [1.807, 2.05) is 24.3 Å². The van der Waals surface area contributed by atoms with Crippen molar-refractivity contribution in [2.45, 2.75) is 12.5 Å². The molecule has 1 heterocycles. The lowest BCUT2D eigenvalue weighted by atomic mass is 10.1. The second kappa shape index (κ2) is 8.22. The number of carbonyl (C=O) groups excluding carboxylic acids is 1. The Bertz CT molecular complexity index is 468. The van der Waals surface area contributed by atoms with Crippen LogP contribution in [0.15, 0.2) is 24.3 Å². The molecule has 2 rings (SSSR count). The van der Waals surface area contributed by atoms with E-state index in [2.05, 4.69) is 5.32 Å². The topological polar surface area (TPSA) is 50.8 Å². The van der Waals surface area contributed by atoms with E-state index in [-0.39, 0.29) is 12.1 Å². The maximum atomic E-state index is 12.1. The zero-order valence-electron chi connectivity index (χ0n) is 12.2. The van der Waals surface area contributed by atoms with Crippen LogP contribution in [-0.4, -0.2) is 57.0 Å². The molecule has 1 N–H and O–H groups in total. The Morgan fingerprint density at radius 3 is 3.10 bits per heavy atom. The molecule has 1 aliphatic rings. The Morgan fingerprint density at radius 1 is 1.52 bits per heavy atom. The number of rotatable bonds is 5. The van der Waals surface area contributed by atoms with E-state index in [0.29, 0.717) is 32.8 Å². The number of halogens is 1. The number of amides is 2. The number of hydrogen-bond donors (Lipinski definition) is 1. The second-order valence-electron chi connectivity index (χ2n) is 4.97. The number of hydrogen-bond acceptors (Lipinski definition) is 3. The number of urea groups is 1. The maximum absolute atomic E-state index is 12.1. The molecule has 1 saturated heterocycles. The smallest absolute Gasteiger partial charge is 0.317 e. The molecule has 1 fully saturated rings. The van der Waals surface area contributed by atoms with Crippen molar-refractivity contribution < 1.29 is 14.3 Å². The van der Waals surface area contributed by atoms with E-state index in [0.717, 1.165) is 17.0 Å². The highest BCUT2D eigenvalue weighted by molar-refractivity contribution is 6.31. The van der Waals surface area contributed by atoms with Gasteiger partial charge in [-0.25, -0.2) is 4.79 Å². The molecule has 116 valence electrons. The van der Waals surface area contributed by atoms with Crippen LogP contribution in [0, 0.1) is 0 Å². The summed E-state index contributed by atoms with van der Waals surface area (Å²) in [6, 6.07) is 7.61. The lowest BCUT2D eigenvalue weighted by Crippen LogP contribution is -2.51. The third-order valence-electron chi connectivity index (χ3n) is 3.41. The molecule has 0 aromatic heterocycles. The van der Waals surface area contributed by atoms with Crippen molar-refractivity contribution in [3.63, 3.8) is 0 Å². The summed E-state index contributed by atoms with van der Waals surface area (Å²) in [5.41, 5.74) is 1.04. The van der Waals surface area contributed by atoms with E-state index in [1.54, 1.807) is 12.0 Å². The van der Waals surface area contributed by atoms with E-state index in [9.17, 15) is 4.79 Å². The number of benzene rings is 1. The Balaban J connectivity index is 1.75. The molecule has 21 heavy (non-hydrogen) atoms. The van der Waals surface area contributed by atoms with E-state index < -0.39 is 0 Å². The van der Waals surface area contributed by atoms with Gasteiger partial charge in [0.1, 0.15) is 0 Å². The van der Waals surface area contributed by atoms with Crippen LogP contribution in [0.2, 0.25) is 5.02 Å². The third-order valence-corrected chi connectivity index (χ3v) is 3.78. The zero-order chi connectivity index (χ0) is 15.1. The fourth-order valence-corrected chi connectivity index (χ4v) is 2.54. The summed E-state index contributed by atoms with van der Waals surface area (Å²) in [5.74, 6) is 0. The first-order chi connectivity index (χ1) is 10.2. The molecule has 0 saturated carbocycles. The molecule has 1 aliphatic heterocycles. The van der Waals surface area contributed by atoms with Crippen molar-refractivity contribution >= 4 is 17.6 Å². The highest BCUT2D eigenvalue weighted by atomic mass is 35.5. The van der Waals surface area contributed by atoms with Gasteiger partial charge in [-0.05, 0) is 18.1 Å². The summed E-state index contributed by atoms with van der Waals surface area (Å²) in [4.78, 5) is 13.9. The van der Waals surface area contributed by atoms with Crippen LogP contribution in [0.1, 0.15) is 5.56 Å². The molecular weight excluding hydrogens is 292 g/mol. The predicted molar refractivity (Wildman–Crippen MR) is 81.7 cm³/mol. The van der Waals surface area contributed by atoms with Crippen LogP contribution in [0.4, 0.5) is 4.79 Å². The molecule has 5 nitrogen and oxygen atoms in total. The van der Waals surface area contributed by atoms with Crippen molar-refractivity contribution in [3.05, 3.63) is 34.9 Å². The van der Waals surface area contributed by atoms with E-state index in [1.165, 1.54) is 0 Å². The maximum Gasteiger partial charge on any atom is 0.317 e. The van der Waals surface area contributed by atoms with E-state index >= 15 is 0 Å². The van der Waals surface area contributed by atoms with Gasteiger partial charge >= 0.3 is 6.03 Å². The second-order valence-corrected chi connectivity index (χ2v) is 5.37. The van der Waals surface area contributed by atoms with Crippen LogP contribution < -0.4 is 5.32 Å². The van der Waals surface area contributed by atoms with Crippen LogP contribution in [0.3, 0.4) is 0 Å². The number of nitrogens with one attached hydrogen (secondary N) is 1. The van der Waals surface area contributed by atoms with Gasteiger partial charge in [0.25, 0.3) is 0 Å². The minimum Gasteiger partial charge on any atom is -0.382 e. The molecule has 1 atom stereocenters. The molecule has 1 aromatic carbocycles. The van der Waals surface area contributed by atoms with Crippen molar-refractivity contribution in [2.24, 2.45) is 0 Å². The van der Waals surface area contributed by atoms with Crippen LogP contribution in [0.25, 0.3) is 0 Å². The predicted octanol–water partition coefficient (Wildman–Crippen LogP) is 1.94. The van der Waals surface area contributed by atoms with Crippen molar-refractivity contribution in [1.29, 1.82) is 0 Å². The van der Waals surface area contributed by atoms with Gasteiger partial charge in [-0.2, -0.15) is 0 Å². The first kappa shape index (κ1) is 16.1. The van der Waals surface area contributed by atoms with Crippen molar-refractivity contribution in [3.8, 4) is 0 Å². The standard InChI is InChI=1S/C15H21ClN2O3/c1-20-11-13-10-18(8-9-21-13)15(19)17-7-6-12-4-2-3-5-14(12)16/h2-5,13H,6-11H2,1H3,(H,17,19). The van der Waals surface area contributed by atoms with Gasteiger partial charge in [0.15, 0.2) is 0 Å². The van der Waals surface area contributed by atoms with Gasteiger partial charge in [0.2, 0.25) is 0 Å². The fourth-order valence-electron chi connectivity index (χ4n) is 2.31. The normalized spacial score (nSPS) is 18.6. The largest absolute Gasteiger partial charge is 0.382 e. The van der Waals surface area contributed by atoms with Crippen LogP contribution >= 0.6 is 11.6 Å². The Kier molecular flexibility index (Phi) is 6.29. The highest BCUT2D eigenvalue weighted by Crippen LogP contribution is 2.14. The number of carbonyl (C=O) groups is 1. The molecule has 1 aromatic rings. The summed E-state index contributed by atoms with van der Waals surface area (Å²) in [5, 5.41) is 3.66. The zero-order valence-corrected chi connectivity index (χ0v) is 12.9. The Hall–Kier alpha value is -1.30. The Labute approximate surface area is 130 Å². The van der Waals surface area contributed by atoms with E-state index in [4.69, 9.17) is 21.1 Å². The van der Waals surface area contributed by atoms with Gasteiger partial charge < -0.3 is 19.7 Å². The average Bonchev–Trinajstić information content (AvgIpc) is 2.50. The first-order valence-corrected chi connectivity index (χ1v) is 7.45. The summed E-state index contributed by atoms with van der Waals surface area (Å²) in [6.45, 7) is 2.79. The molecule has 2 amide bonds. The SMILES string of the molecule is COCC1CN(C(=O)NCCc2ccccc2Cl)CCO1. The number of morpholine rings is 1. The third kappa shape index (κ3) is 4.88. The van der Waals surface area contributed by atoms with Gasteiger partial charge in [-0.3, -0.25) is 0 Å². The van der Waals surface area contributed by atoms with Crippen LogP contribution in [0.5, 0.6) is 0 Å². The minimum absolute atomic E-state index is 0.0435. The van der Waals surface area contributed by atoms with Gasteiger partial charge in [-0.15, -0.1) is 0 Å². The summed E-state index contributed by atoms with van der Waals surface area (Å²) >= 11 is 6.09. The molecule has 0 aliphatic carbocycles. The number of ether oxygens (including phenoxy) is 2. The number of nitrogens with zero attached hydrogens (tertiary/aromatic N) is 1. The first-order valence-electron chi connectivity index (χ1n) is 7.07. The number of methoxy groups -OCH3 is 1. The molecule has 1 unspecified atom stereocenters. The lowest BCUT2D eigenvalue weighted by molar-refractivity contribution is -0.0494. The van der Waals surface area contributed by atoms with Crippen molar-refractivity contribution in [1.82, 2.24) is 10.2 Å². The molecule has 0 radical (unpaired) electrons. The average molecular weight is 313 g/mol. The highest BCUT2D eigenvalue weighted by Gasteiger charge is 2.23. The monoisotopic (exact) mass is 312 g/mol. The van der Waals surface area contributed by atoms with Gasteiger partial charge in [0, 0.05) is 25.2 Å². The van der Waals surface area contributed by atoms with Gasteiger partial charge in [-0.1, -0.05) is 29.8 Å². The molecular formula is C15H21ClN2O3. The fraction of sp³-hybridized carbons (Fsp3) is 0.533. The molecule has 0 spiro atoms. The van der Waals surface area contributed by atoms with Gasteiger partial charge in [0.05, 0.1) is 25.9 Å². The summed E-state index contributed by atoms with van der Waals surface area (Å²) in [7, 11) is 1.63. The molecule has 6 heteroatoms. The minimum atomic E-state index is -0.0635. The van der Waals surface area contributed by atoms with Crippen LogP contribution in [-0.2, 0) is 15.9 Å². The lowest BCUT2D eigenvalue weighted by Gasteiger charge is -2.32. The summed E-state index contributed by atoms with van der Waals surface area (Å²) < 4.78 is 10.6. The van der Waals surface area contributed by atoms with Crippen molar-refractivity contribution in [2.75, 3.05) is 40.0 Å². The molecule has 0 bridgehead atoms.